The van der Waals surface area contributed by atoms with Gasteiger partial charge in [0, 0.05) is 0 Å². The van der Waals surface area contributed by atoms with Gasteiger partial charge in [0.2, 0.25) is 0 Å². The molecule has 15 heavy (non-hydrogen) atoms. The van der Waals surface area contributed by atoms with Gasteiger partial charge in [-0.15, -0.1) is 0 Å². The molecule has 0 aliphatic heterocycles. The van der Waals surface area contributed by atoms with Gasteiger partial charge in [-0.1, -0.05) is 38.5 Å². The summed E-state index contributed by atoms with van der Waals surface area (Å²) >= 11 is 0. The molecule has 0 aliphatic carbocycles. The maximum Gasteiger partial charge on any atom is 0.122 e. The summed E-state index contributed by atoms with van der Waals surface area (Å²) in [5.74, 6) is 1.60. The monoisotopic (exact) mass is 207 g/mol. The summed E-state index contributed by atoms with van der Waals surface area (Å²) in [5.41, 5.74) is 6.77. The van der Waals surface area contributed by atoms with E-state index in [0.717, 1.165) is 25.2 Å². The van der Waals surface area contributed by atoms with Crippen LogP contribution in [0.25, 0.3) is 0 Å². The average molecular weight is 207 g/mol. The maximum atomic E-state index is 5.79. The first-order valence-corrected chi connectivity index (χ1v) is 5.68. The molecule has 0 radical (unpaired) electrons. The highest BCUT2D eigenvalue weighted by molar-refractivity contribution is 5.33. The van der Waals surface area contributed by atoms with E-state index < -0.39 is 0 Å². The molecule has 2 heteroatoms. The van der Waals surface area contributed by atoms with Gasteiger partial charge in [0.05, 0.1) is 6.61 Å². The molecule has 1 rings (SSSR count). The van der Waals surface area contributed by atoms with Crippen molar-refractivity contribution >= 4 is 0 Å². The third kappa shape index (κ3) is 3.92. The highest BCUT2D eigenvalue weighted by Gasteiger charge is 2.04. The van der Waals surface area contributed by atoms with E-state index in [1.165, 1.54) is 5.56 Å². The number of hydrogen-bond acceptors (Lipinski definition) is 2. The first-order chi connectivity index (χ1) is 7.27. The molecule has 0 saturated carbocycles. The normalized spacial score (nSPS) is 12.5. The van der Waals surface area contributed by atoms with E-state index in [0.29, 0.717) is 12.5 Å². The Balaban J connectivity index is 2.58. The zero-order valence-corrected chi connectivity index (χ0v) is 9.70. The Morgan fingerprint density at radius 2 is 2.07 bits per heavy atom. The van der Waals surface area contributed by atoms with Gasteiger partial charge in [-0.05, 0) is 30.5 Å². The third-order valence-corrected chi connectivity index (χ3v) is 2.61. The third-order valence-electron chi connectivity index (χ3n) is 2.61. The summed E-state index contributed by atoms with van der Waals surface area (Å²) in [6.07, 6.45) is 2.04. The summed E-state index contributed by atoms with van der Waals surface area (Å²) in [4.78, 5) is 0. The summed E-state index contributed by atoms with van der Waals surface area (Å²) in [6.45, 7) is 5.84. The van der Waals surface area contributed by atoms with Crippen LogP contribution in [-0.2, 0) is 6.42 Å². The number of ether oxygens (including phenoxy) is 1. The molecule has 0 bridgehead atoms. The molecule has 1 atom stereocenters. The fraction of sp³-hybridized carbons (Fsp3) is 0.538. The van der Waals surface area contributed by atoms with Crippen molar-refractivity contribution in [1.82, 2.24) is 0 Å². The van der Waals surface area contributed by atoms with Gasteiger partial charge in [0.25, 0.3) is 0 Å². The van der Waals surface area contributed by atoms with Gasteiger partial charge in [-0.25, -0.2) is 0 Å². The first kappa shape index (κ1) is 12.1. The summed E-state index contributed by atoms with van der Waals surface area (Å²) in [6, 6.07) is 8.14. The Morgan fingerprint density at radius 3 is 2.73 bits per heavy atom. The van der Waals surface area contributed by atoms with Crippen molar-refractivity contribution in [2.45, 2.75) is 26.7 Å². The fourth-order valence-corrected chi connectivity index (χ4v) is 1.36. The molecular weight excluding hydrogens is 186 g/mol. The Morgan fingerprint density at radius 1 is 1.33 bits per heavy atom. The molecule has 0 spiro atoms. The van der Waals surface area contributed by atoms with Crippen molar-refractivity contribution in [3.8, 4) is 5.75 Å². The van der Waals surface area contributed by atoms with E-state index in [9.17, 15) is 0 Å². The lowest BCUT2D eigenvalue weighted by Gasteiger charge is -2.13. The molecule has 84 valence electrons. The summed E-state index contributed by atoms with van der Waals surface area (Å²) < 4.78 is 5.79. The number of nitrogens with two attached hydrogens (primary N) is 1. The van der Waals surface area contributed by atoms with E-state index in [-0.39, 0.29) is 0 Å². The number of para-hydroxylation sites is 1. The van der Waals surface area contributed by atoms with Gasteiger partial charge >= 0.3 is 0 Å². The van der Waals surface area contributed by atoms with Crippen molar-refractivity contribution in [2.24, 2.45) is 11.7 Å². The molecule has 0 aliphatic rings. The SMILES string of the molecule is CCC(C)COc1ccccc1CCN. The van der Waals surface area contributed by atoms with E-state index in [2.05, 4.69) is 19.9 Å². The Labute approximate surface area is 92.4 Å². The van der Waals surface area contributed by atoms with Crippen LogP contribution in [0.5, 0.6) is 5.75 Å². The molecule has 0 saturated heterocycles. The van der Waals surface area contributed by atoms with Gasteiger partial charge in [-0.2, -0.15) is 0 Å². The zero-order valence-electron chi connectivity index (χ0n) is 9.70. The Kier molecular flexibility index (Phi) is 5.19. The standard InChI is InChI=1S/C13H21NO/c1-3-11(2)10-15-13-7-5-4-6-12(13)8-9-14/h4-7,11H,3,8-10,14H2,1-2H3. The van der Waals surface area contributed by atoms with Crippen molar-refractivity contribution in [1.29, 1.82) is 0 Å². The topological polar surface area (TPSA) is 35.2 Å². The molecule has 0 fully saturated rings. The van der Waals surface area contributed by atoms with Crippen LogP contribution in [0.15, 0.2) is 24.3 Å². The average Bonchev–Trinajstić information content (AvgIpc) is 2.28. The minimum atomic E-state index is 0.607. The molecule has 1 aromatic carbocycles. The molecule has 0 aromatic heterocycles. The largest absolute Gasteiger partial charge is 0.493 e. The molecule has 1 unspecified atom stereocenters. The van der Waals surface area contributed by atoms with Gasteiger partial charge in [-0.3, -0.25) is 0 Å². The molecule has 1 aromatic rings. The van der Waals surface area contributed by atoms with Crippen LogP contribution in [0.1, 0.15) is 25.8 Å². The highest BCUT2D eigenvalue weighted by atomic mass is 16.5. The van der Waals surface area contributed by atoms with Crippen LogP contribution in [0, 0.1) is 5.92 Å². The number of hydrogen-bond donors (Lipinski definition) is 1. The van der Waals surface area contributed by atoms with Crippen LogP contribution in [0.4, 0.5) is 0 Å². The zero-order chi connectivity index (χ0) is 11.1. The molecule has 2 N–H and O–H groups in total. The van der Waals surface area contributed by atoms with E-state index in [1.807, 2.05) is 18.2 Å². The Bertz CT molecular complexity index is 286. The minimum absolute atomic E-state index is 0.607. The van der Waals surface area contributed by atoms with Crippen LogP contribution in [-0.4, -0.2) is 13.2 Å². The van der Waals surface area contributed by atoms with Gasteiger partial charge in [0.15, 0.2) is 0 Å². The smallest absolute Gasteiger partial charge is 0.122 e. The van der Waals surface area contributed by atoms with Crippen molar-refractivity contribution in [2.75, 3.05) is 13.2 Å². The van der Waals surface area contributed by atoms with Crippen molar-refractivity contribution < 1.29 is 4.74 Å². The van der Waals surface area contributed by atoms with E-state index >= 15 is 0 Å². The predicted octanol–water partition coefficient (Wildman–Crippen LogP) is 2.61. The second kappa shape index (κ2) is 6.46. The lowest BCUT2D eigenvalue weighted by Crippen LogP contribution is -2.10. The predicted molar refractivity (Wildman–Crippen MR) is 64.2 cm³/mol. The van der Waals surface area contributed by atoms with Crippen LogP contribution in [0.3, 0.4) is 0 Å². The summed E-state index contributed by atoms with van der Waals surface area (Å²) in [7, 11) is 0. The van der Waals surface area contributed by atoms with Gasteiger partial charge < -0.3 is 10.5 Å². The van der Waals surface area contributed by atoms with E-state index in [1.54, 1.807) is 0 Å². The molecular formula is C13H21NO. The van der Waals surface area contributed by atoms with Crippen LogP contribution < -0.4 is 10.5 Å². The second-order valence-electron chi connectivity index (χ2n) is 3.97. The minimum Gasteiger partial charge on any atom is -0.493 e. The maximum absolute atomic E-state index is 5.79. The molecule has 0 amide bonds. The lowest BCUT2D eigenvalue weighted by atomic mass is 10.1. The highest BCUT2D eigenvalue weighted by Crippen LogP contribution is 2.19. The molecule has 2 nitrogen and oxygen atoms in total. The van der Waals surface area contributed by atoms with Crippen molar-refractivity contribution in [3.05, 3.63) is 29.8 Å². The lowest BCUT2D eigenvalue weighted by molar-refractivity contribution is 0.254. The van der Waals surface area contributed by atoms with Crippen LogP contribution >= 0.6 is 0 Å². The van der Waals surface area contributed by atoms with Crippen LogP contribution in [0.2, 0.25) is 0 Å². The van der Waals surface area contributed by atoms with Crippen molar-refractivity contribution in [3.63, 3.8) is 0 Å². The number of rotatable bonds is 6. The molecule has 0 heterocycles. The first-order valence-electron chi connectivity index (χ1n) is 5.68. The fourth-order valence-electron chi connectivity index (χ4n) is 1.36. The second-order valence-corrected chi connectivity index (χ2v) is 3.97. The van der Waals surface area contributed by atoms with E-state index in [4.69, 9.17) is 10.5 Å². The summed E-state index contributed by atoms with van der Waals surface area (Å²) in [5, 5.41) is 0. The Hall–Kier alpha value is -1.02. The number of benzene rings is 1. The quantitative estimate of drug-likeness (QED) is 0.778. The van der Waals surface area contributed by atoms with Gasteiger partial charge in [0.1, 0.15) is 5.75 Å².